The van der Waals surface area contributed by atoms with Crippen molar-refractivity contribution in [1.29, 1.82) is 0 Å². The summed E-state index contributed by atoms with van der Waals surface area (Å²) in [5.41, 5.74) is 1.33. The van der Waals surface area contributed by atoms with Gasteiger partial charge in [-0.25, -0.2) is 0 Å². The van der Waals surface area contributed by atoms with Crippen LogP contribution in [0.15, 0.2) is 36.4 Å². The van der Waals surface area contributed by atoms with Crippen molar-refractivity contribution in [2.24, 2.45) is 5.92 Å². The molecular formula is C13H16. The summed E-state index contributed by atoms with van der Waals surface area (Å²) >= 11 is 0. The Morgan fingerprint density at radius 1 is 1.00 bits per heavy atom. The van der Waals surface area contributed by atoms with Crippen LogP contribution in [0.2, 0.25) is 0 Å². The molecule has 0 N–H and O–H groups in total. The second-order valence-electron chi connectivity index (χ2n) is 3.81. The van der Waals surface area contributed by atoms with Gasteiger partial charge in [0.2, 0.25) is 0 Å². The van der Waals surface area contributed by atoms with Crippen molar-refractivity contribution in [3.63, 3.8) is 0 Å². The van der Waals surface area contributed by atoms with Gasteiger partial charge >= 0.3 is 0 Å². The van der Waals surface area contributed by atoms with E-state index in [2.05, 4.69) is 42.5 Å². The fraction of sp³-hybridized carbons (Fsp3) is 0.385. The molecule has 1 saturated carbocycles. The zero-order valence-electron chi connectivity index (χ0n) is 7.95. The topological polar surface area (TPSA) is 0 Å². The Labute approximate surface area is 80.3 Å². The first-order valence-electron chi connectivity index (χ1n) is 5.18. The van der Waals surface area contributed by atoms with E-state index in [4.69, 9.17) is 0 Å². The second kappa shape index (κ2) is 4.27. The summed E-state index contributed by atoms with van der Waals surface area (Å²) in [4.78, 5) is 0. The highest BCUT2D eigenvalue weighted by atomic mass is 14.2. The first-order valence-corrected chi connectivity index (χ1v) is 5.18. The van der Waals surface area contributed by atoms with Crippen LogP contribution in [0.25, 0.3) is 6.08 Å². The van der Waals surface area contributed by atoms with Crippen molar-refractivity contribution in [3.8, 4) is 0 Å². The normalized spacial score (nSPS) is 18.5. The van der Waals surface area contributed by atoms with Gasteiger partial charge in [-0.2, -0.15) is 0 Å². The summed E-state index contributed by atoms with van der Waals surface area (Å²) in [5, 5.41) is 0. The minimum Gasteiger partial charge on any atom is -0.0808 e. The van der Waals surface area contributed by atoms with E-state index in [0.29, 0.717) is 0 Å². The van der Waals surface area contributed by atoms with Crippen molar-refractivity contribution in [1.82, 2.24) is 0 Å². The lowest BCUT2D eigenvalue weighted by Crippen LogP contribution is -1.84. The molecule has 0 aromatic heterocycles. The summed E-state index contributed by atoms with van der Waals surface area (Å²) in [6, 6.07) is 10.6. The zero-order chi connectivity index (χ0) is 8.93. The van der Waals surface area contributed by atoms with Gasteiger partial charge in [0.25, 0.3) is 0 Å². The number of allylic oxidation sites excluding steroid dienone is 1. The molecule has 1 aliphatic carbocycles. The van der Waals surface area contributed by atoms with Crippen LogP contribution >= 0.6 is 0 Å². The molecule has 0 amide bonds. The Morgan fingerprint density at radius 2 is 1.69 bits per heavy atom. The maximum atomic E-state index is 2.38. The van der Waals surface area contributed by atoms with Crippen LogP contribution in [-0.2, 0) is 0 Å². The van der Waals surface area contributed by atoms with Crippen LogP contribution in [0.5, 0.6) is 0 Å². The molecule has 0 saturated heterocycles. The third-order valence-electron chi connectivity index (χ3n) is 2.76. The van der Waals surface area contributed by atoms with Crippen molar-refractivity contribution < 1.29 is 0 Å². The second-order valence-corrected chi connectivity index (χ2v) is 3.81. The van der Waals surface area contributed by atoms with Crippen LogP contribution in [0, 0.1) is 5.92 Å². The van der Waals surface area contributed by atoms with E-state index in [1.54, 1.807) is 0 Å². The van der Waals surface area contributed by atoms with Gasteiger partial charge in [0.1, 0.15) is 0 Å². The van der Waals surface area contributed by atoms with Gasteiger partial charge in [-0.15, -0.1) is 0 Å². The molecule has 1 aromatic rings. The maximum absolute atomic E-state index is 2.38. The van der Waals surface area contributed by atoms with E-state index < -0.39 is 0 Å². The first kappa shape index (κ1) is 8.55. The molecule has 0 spiro atoms. The van der Waals surface area contributed by atoms with E-state index >= 15 is 0 Å². The van der Waals surface area contributed by atoms with Crippen molar-refractivity contribution >= 4 is 6.08 Å². The molecule has 0 aliphatic heterocycles. The highest BCUT2D eigenvalue weighted by molar-refractivity contribution is 5.48. The first-order chi connectivity index (χ1) is 6.45. The third-order valence-corrected chi connectivity index (χ3v) is 2.76. The molecule has 2 rings (SSSR count). The molecule has 13 heavy (non-hydrogen) atoms. The van der Waals surface area contributed by atoms with E-state index in [1.165, 1.54) is 31.2 Å². The largest absolute Gasteiger partial charge is 0.0808 e. The number of hydrogen-bond acceptors (Lipinski definition) is 0. The van der Waals surface area contributed by atoms with E-state index in [9.17, 15) is 0 Å². The third kappa shape index (κ3) is 2.45. The van der Waals surface area contributed by atoms with Gasteiger partial charge in [0, 0.05) is 0 Å². The summed E-state index contributed by atoms with van der Waals surface area (Å²) < 4.78 is 0. The van der Waals surface area contributed by atoms with Crippen molar-refractivity contribution in [2.45, 2.75) is 25.7 Å². The van der Waals surface area contributed by atoms with Gasteiger partial charge < -0.3 is 0 Å². The molecule has 0 unspecified atom stereocenters. The average molecular weight is 172 g/mol. The van der Waals surface area contributed by atoms with Crippen molar-refractivity contribution in [2.75, 3.05) is 0 Å². The SMILES string of the molecule is C(=CC1CCCC1)c1ccccc1. The predicted octanol–water partition coefficient (Wildman–Crippen LogP) is 3.89. The van der Waals surface area contributed by atoms with E-state index in [0.717, 1.165) is 5.92 Å². The average Bonchev–Trinajstić information content (AvgIpc) is 2.69. The Bertz CT molecular complexity index is 265. The molecule has 0 bridgehead atoms. The molecule has 0 atom stereocenters. The van der Waals surface area contributed by atoms with Gasteiger partial charge in [-0.1, -0.05) is 55.3 Å². The quantitative estimate of drug-likeness (QED) is 0.635. The van der Waals surface area contributed by atoms with Crippen LogP contribution in [0.3, 0.4) is 0 Å². The molecule has 68 valence electrons. The minimum absolute atomic E-state index is 0.847. The predicted molar refractivity (Wildman–Crippen MR) is 57.4 cm³/mol. The van der Waals surface area contributed by atoms with Crippen LogP contribution < -0.4 is 0 Å². The molecule has 0 nitrogen and oxygen atoms in total. The molecule has 0 radical (unpaired) electrons. The Morgan fingerprint density at radius 3 is 2.38 bits per heavy atom. The molecule has 1 fully saturated rings. The van der Waals surface area contributed by atoms with Crippen LogP contribution in [0.4, 0.5) is 0 Å². The van der Waals surface area contributed by atoms with Gasteiger partial charge in [0.15, 0.2) is 0 Å². The van der Waals surface area contributed by atoms with E-state index in [1.807, 2.05) is 0 Å². The summed E-state index contributed by atoms with van der Waals surface area (Å²) in [5.74, 6) is 0.847. The number of benzene rings is 1. The summed E-state index contributed by atoms with van der Waals surface area (Å²) in [7, 11) is 0. The Balaban J connectivity index is 1.97. The fourth-order valence-corrected chi connectivity index (χ4v) is 1.96. The smallest absolute Gasteiger partial charge is 0.0230 e. The standard InChI is InChI=1S/C13H16/c1-2-6-12(7-3-1)10-11-13-8-4-5-9-13/h1-3,6-7,10-11,13H,4-5,8-9H2. The molecular weight excluding hydrogens is 156 g/mol. The molecule has 1 aromatic carbocycles. The van der Waals surface area contributed by atoms with Gasteiger partial charge in [-0.05, 0) is 24.3 Å². The fourth-order valence-electron chi connectivity index (χ4n) is 1.96. The zero-order valence-corrected chi connectivity index (χ0v) is 7.95. The number of hydrogen-bond donors (Lipinski definition) is 0. The van der Waals surface area contributed by atoms with Crippen LogP contribution in [-0.4, -0.2) is 0 Å². The molecule has 0 heterocycles. The highest BCUT2D eigenvalue weighted by Crippen LogP contribution is 2.26. The maximum Gasteiger partial charge on any atom is -0.0230 e. The van der Waals surface area contributed by atoms with Crippen LogP contribution in [0.1, 0.15) is 31.2 Å². The number of rotatable bonds is 2. The Hall–Kier alpha value is -1.04. The van der Waals surface area contributed by atoms with Gasteiger partial charge in [0.05, 0.1) is 0 Å². The summed E-state index contributed by atoms with van der Waals surface area (Å²) in [6.07, 6.45) is 10.3. The summed E-state index contributed by atoms with van der Waals surface area (Å²) in [6.45, 7) is 0. The lowest BCUT2D eigenvalue weighted by atomic mass is 10.1. The Kier molecular flexibility index (Phi) is 2.81. The van der Waals surface area contributed by atoms with Crippen molar-refractivity contribution in [3.05, 3.63) is 42.0 Å². The lowest BCUT2D eigenvalue weighted by molar-refractivity contribution is 0.689. The minimum atomic E-state index is 0.847. The monoisotopic (exact) mass is 172 g/mol. The highest BCUT2D eigenvalue weighted by Gasteiger charge is 2.10. The molecule has 1 aliphatic rings. The van der Waals surface area contributed by atoms with Gasteiger partial charge in [-0.3, -0.25) is 0 Å². The molecule has 0 heteroatoms. The lowest BCUT2D eigenvalue weighted by Gasteiger charge is -1.99. The van der Waals surface area contributed by atoms with E-state index in [-0.39, 0.29) is 0 Å².